The molecule has 0 aliphatic heterocycles. The number of hydrogen-bond donors (Lipinski definition) is 1. The Morgan fingerprint density at radius 2 is 0.772 bits per heavy atom. The molecule has 0 bridgehead atoms. The second kappa shape index (κ2) is 59.1. The summed E-state index contributed by atoms with van der Waals surface area (Å²) in [6, 6.07) is -0.886. The highest BCUT2D eigenvalue weighted by Gasteiger charge is 2.27. The van der Waals surface area contributed by atoms with Gasteiger partial charge in [0.2, 0.25) is 5.91 Å². The smallest absolute Gasteiger partial charge is 0.306 e. The minimum Gasteiger partial charge on any atom is -0.756 e. The monoisotopic (exact) mass is 1130 g/mol. The lowest BCUT2D eigenvalue weighted by Crippen LogP contribution is -2.47. The molecule has 3 atom stereocenters. The van der Waals surface area contributed by atoms with E-state index < -0.39 is 20.0 Å². The van der Waals surface area contributed by atoms with Crippen molar-refractivity contribution in [1.29, 1.82) is 0 Å². The Bertz CT molecular complexity index is 1490. The van der Waals surface area contributed by atoms with E-state index >= 15 is 0 Å². The van der Waals surface area contributed by atoms with Crippen LogP contribution in [-0.2, 0) is 27.9 Å². The molecule has 1 amide bonds. The van der Waals surface area contributed by atoms with Crippen molar-refractivity contribution in [3.8, 4) is 0 Å². The van der Waals surface area contributed by atoms with Crippen molar-refractivity contribution >= 4 is 19.7 Å². The van der Waals surface area contributed by atoms with E-state index in [1.807, 2.05) is 33.3 Å². The molecule has 0 radical (unpaired) electrons. The lowest BCUT2D eigenvalue weighted by Gasteiger charge is -2.30. The van der Waals surface area contributed by atoms with Gasteiger partial charge < -0.3 is 28.5 Å². The first-order valence-electron chi connectivity index (χ1n) is 33.9. The molecule has 1 N–H and O–H groups in total. The number of carbonyl (C=O) groups is 2. The molecule has 79 heavy (non-hydrogen) atoms. The van der Waals surface area contributed by atoms with Crippen molar-refractivity contribution in [3.05, 3.63) is 48.6 Å². The van der Waals surface area contributed by atoms with Crippen LogP contribution in [0.25, 0.3) is 0 Å². The Hall–Kier alpha value is -2.03. The third kappa shape index (κ3) is 60.4. The van der Waals surface area contributed by atoms with Gasteiger partial charge in [-0.3, -0.25) is 14.2 Å². The van der Waals surface area contributed by atoms with Crippen molar-refractivity contribution in [2.45, 2.75) is 341 Å². The van der Waals surface area contributed by atoms with Gasteiger partial charge in [0, 0.05) is 12.8 Å². The number of amides is 1. The number of unbranched alkanes of at least 4 members (excludes halogenated alkanes) is 40. The summed E-state index contributed by atoms with van der Waals surface area (Å²) in [6.07, 6.45) is 73.6. The van der Waals surface area contributed by atoms with Crippen molar-refractivity contribution in [1.82, 2.24) is 5.32 Å². The lowest BCUT2D eigenvalue weighted by molar-refractivity contribution is -0.870. The van der Waals surface area contributed by atoms with Gasteiger partial charge >= 0.3 is 5.97 Å². The van der Waals surface area contributed by atoms with Crippen LogP contribution in [0, 0.1) is 0 Å². The summed E-state index contributed by atoms with van der Waals surface area (Å²) in [6.45, 7) is 6.86. The number of allylic oxidation sites excluding steroid dienone is 7. The number of nitrogens with zero attached hydrogens (tertiary/aromatic N) is 1. The molecule has 0 aromatic rings. The van der Waals surface area contributed by atoms with Crippen LogP contribution in [0.3, 0.4) is 0 Å². The van der Waals surface area contributed by atoms with E-state index in [0.29, 0.717) is 17.4 Å². The average molecular weight is 1130 g/mol. The summed E-state index contributed by atoms with van der Waals surface area (Å²) < 4.78 is 30.4. The third-order valence-electron chi connectivity index (χ3n) is 15.3. The highest BCUT2D eigenvalue weighted by molar-refractivity contribution is 7.45. The van der Waals surface area contributed by atoms with E-state index in [9.17, 15) is 19.0 Å². The first-order chi connectivity index (χ1) is 38.4. The van der Waals surface area contributed by atoms with Crippen molar-refractivity contribution in [2.24, 2.45) is 0 Å². The van der Waals surface area contributed by atoms with E-state index in [2.05, 4.69) is 62.5 Å². The molecule has 9 nitrogen and oxygen atoms in total. The SMILES string of the molecule is CCCCC/C=C\C/C=C\C/C=C\CCCCCCCCCCCCCCC(=O)OC(/C=C/CCCCCCCCCCCCC)C(COP(=O)([O-])OCC[N+](C)(C)C)NC(=O)CCCCCCCCCCCCCCCCC. The summed E-state index contributed by atoms with van der Waals surface area (Å²) in [5.41, 5.74) is 0. The normalized spacial score (nSPS) is 13.9. The largest absolute Gasteiger partial charge is 0.756 e. The maximum atomic E-state index is 13.6. The Kier molecular flexibility index (Phi) is 57.6. The molecule has 0 spiro atoms. The zero-order chi connectivity index (χ0) is 57.9. The first kappa shape index (κ1) is 77.0. The molecule has 0 aromatic heterocycles. The highest BCUT2D eigenvalue weighted by atomic mass is 31.2. The molecular weight excluding hydrogens is 1000 g/mol. The molecule has 3 unspecified atom stereocenters. The van der Waals surface area contributed by atoms with Gasteiger partial charge in [0.15, 0.2) is 0 Å². The van der Waals surface area contributed by atoms with E-state index in [1.54, 1.807) is 0 Å². The van der Waals surface area contributed by atoms with E-state index in [-0.39, 0.29) is 31.5 Å². The third-order valence-corrected chi connectivity index (χ3v) is 16.2. The number of rotatable bonds is 62. The number of nitrogens with one attached hydrogen (secondary N) is 1. The fraction of sp³-hybridized carbons (Fsp3) is 0.855. The summed E-state index contributed by atoms with van der Waals surface area (Å²) in [4.78, 5) is 40.1. The average Bonchev–Trinajstić information content (AvgIpc) is 3.41. The molecule has 10 heteroatoms. The van der Waals surface area contributed by atoms with Gasteiger partial charge in [0.25, 0.3) is 7.82 Å². The van der Waals surface area contributed by atoms with Crippen LogP contribution < -0.4 is 10.2 Å². The molecule has 0 fully saturated rings. The Labute approximate surface area is 490 Å². The Morgan fingerprint density at radius 3 is 1.18 bits per heavy atom. The molecule has 464 valence electrons. The minimum atomic E-state index is -4.70. The standard InChI is InChI=1S/C69H131N2O7P/c1-7-10-13-16-19-22-25-28-30-31-32-33-34-35-36-37-38-39-41-44-47-50-53-56-59-62-69(73)78-67(60-57-54-51-48-45-42-27-24-21-18-15-12-9-3)66(65-77-79(74,75)76-64-63-71(4,5)6)70-68(72)61-58-55-52-49-46-43-40-29-26-23-20-17-14-11-8-2/h19,22,28,30,32-33,57,60,66-67H,7-18,20-21,23-27,29,31,34-56,58-59,61-65H2,1-6H3,(H-,70,72,74,75)/b22-19-,30-28-,33-32-,60-57+. The molecular formula is C69H131N2O7P. The maximum Gasteiger partial charge on any atom is 0.306 e. The number of quaternary nitrogens is 1. The second-order valence-electron chi connectivity index (χ2n) is 24.3. The fourth-order valence-electron chi connectivity index (χ4n) is 10.0. The minimum absolute atomic E-state index is 0.0206. The highest BCUT2D eigenvalue weighted by Crippen LogP contribution is 2.38. The number of likely N-dealkylation sites (N-methyl/N-ethyl adjacent to an activating group) is 1. The number of phosphoric acid groups is 1. The van der Waals surface area contributed by atoms with Crippen molar-refractivity contribution in [2.75, 3.05) is 40.9 Å². The number of ether oxygens (including phenoxy) is 1. The van der Waals surface area contributed by atoms with Gasteiger partial charge in [-0.15, -0.1) is 0 Å². The van der Waals surface area contributed by atoms with Crippen LogP contribution in [0.5, 0.6) is 0 Å². The van der Waals surface area contributed by atoms with Gasteiger partial charge in [0.05, 0.1) is 33.8 Å². The van der Waals surface area contributed by atoms with Crippen molar-refractivity contribution < 1.29 is 37.3 Å². The van der Waals surface area contributed by atoms with E-state index in [1.165, 1.54) is 225 Å². The number of esters is 1. The summed E-state index contributed by atoms with van der Waals surface area (Å²) in [7, 11) is 1.20. The van der Waals surface area contributed by atoms with Gasteiger partial charge in [0.1, 0.15) is 19.3 Å². The molecule has 0 aliphatic carbocycles. The summed E-state index contributed by atoms with van der Waals surface area (Å²) in [5, 5.41) is 3.04. The maximum absolute atomic E-state index is 13.6. The van der Waals surface area contributed by atoms with Crippen LogP contribution in [-0.4, -0.2) is 69.4 Å². The van der Waals surface area contributed by atoms with Gasteiger partial charge in [-0.25, -0.2) is 0 Å². The predicted molar refractivity (Wildman–Crippen MR) is 339 cm³/mol. The van der Waals surface area contributed by atoms with Crippen LogP contribution >= 0.6 is 7.82 Å². The topological polar surface area (TPSA) is 114 Å². The Balaban J connectivity index is 5.10. The number of hydrogen-bond acceptors (Lipinski definition) is 7. The number of carbonyl (C=O) groups excluding carboxylic acids is 2. The zero-order valence-electron chi connectivity index (χ0n) is 53.1. The molecule has 0 aliphatic rings. The second-order valence-corrected chi connectivity index (χ2v) is 25.7. The van der Waals surface area contributed by atoms with Gasteiger partial charge in [-0.05, 0) is 70.3 Å². The molecule has 0 rings (SSSR count). The van der Waals surface area contributed by atoms with Crippen LogP contribution in [0.2, 0.25) is 0 Å². The van der Waals surface area contributed by atoms with Crippen LogP contribution in [0.15, 0.2) is 48.6 Å². The lowest BCUT2D eigenvalue weighted by atomic mass is 10.0. The van der Waals surface area contributed by atoms with Gasteiger partial charge in [-0.2, -0.15) is 0 Å². The first-order valence-corrected chi connectivity index (χ1v) is 35.4. The molecule has 0 saturated heterocycles. The molecule has 0 saturated carbocycles. The van der Waals surface area contributed by atoms with Crippen LogP contribution in [0.1, 0.15) is 329 Å². The fourth-order valence-corrected chi connectivity index (χ4v) is 10.7. The molecule has 0 heterocycles. The summed E-state index contributed by atoms with van der Waals surface area (Å²) in [5.74, 6) is -0.528. The van der Waals surface area contributed by atoms with E-state index in [0.717, 1.165) is 70.6 Å². The Morgan fingerprint density at radius 1 is 0.443 bits per heavy atom. The summed E-state index contributed by atoms with van der Waals surface area (Å²) >= 11 is 0. The van der Waals surface area contributed by atoms with E-state index in [4.69, 9.17) is 13.8 Å². The van der Waals surface area contributed by atoms with Crippen molar-refractivity contribution in [3.63, 3.8) is 0 Å². The van der Waals surface area contributed by atoms with Crippen LogP contribution in [0.4, 0.5) is 0 Å². The van der Waals surface area contributed by atoms with Gasteiger partial charge in [-0.1, -0.05) is 294 Å². The molecule has 0 aromatic carbocycles. The quantitative estimate of drug-likeness (QED) is 0.0212. The zero-order valence-corrected chi connectivity index (χ0v) is 54.0. The number of phosphoric ester groups is 1. The predicted octanol–water partition coefficient (Wildman–Crippen LogP) is 20.6.